The summed E-state index contributed by atoms with van der Waals surface area (Å²) < 4.78 is 0.917. The first-order valence-electron chi connectivity index (χ1n) is 5.75. The highest BCUT2D eigenvalue weighted by Gasteiger charge is 2.17. The van der Waals surface area contributed by atoms with Crippen molar-refractivity contribution < 1.29 is 5.11 Å². The first-order chi connectivity index (χ1) is 9.09. The highest BCUT2D eigenvalue weighted by atomic mass is 35.5. The van der Waals surface area contributed by atoms with Crippen LogP contribution in [0.2, 0.25) is 10.0 Å². The average molecular weight is 309 g/mol. The zero-order valence-electron chi connectivity index (χ0n) is 10.1. The molecule has 96 valence electrons. The van der Waals surface area contributed by atoms with E-state index in [0.29, 0.717) is 5.02 Å². The molecule has 0 spiro atoms. The van der Waals surface area contributed by atoms with Crippen LogP contribution in [-0.2, 0) is 0 Å². The molecule has 0 aliphatic carbocycles. The van der Waals surface area contributed by atoms with Gasteiger partial charge in [-0.2, -0.15) is 0 Å². The lowest BCUT2D eigenvalue weighted by Crippen LogP contribution is -1.76. The largest absolute Gasteiger partial charge is 0.506 e. The molecule has 0 saturated heterocycles. The molecule has 1 aromatic heterocycles. The number of hydrogen-bond acceptors (Lipinski definition) is 2. The molecule has 2 aromatic carbocycles. The fourth-order valence-corrected chi connectivity index (χ4v) is 3.89. The standard InChI is InChI=1S/C15H10Cl2OS/c1-8-10-7-11(18)12(16)13(17)15(10)19-14(8)9-5-3-2-4-6-9/h2-7,18H,1H3. The number of benzene rings is 2. The van der Waals surface area contributed by atoms with Gasteiger partial charge in [0, 0.05) is 10.3 Å². The Morgan fingerprint density at radius 2 is 1.74 bits per heavy atom. The Kier molecular flexibility index (Phi) is 3.17. The fourth-order valence-electron chi connectivity index (χ4n) is 2.14. The molecule has 0 saturated carbocycles. The Hall–Kier alpha value is -1.22. The summed E-state index contributed by atoms with van der Waals surface area (Å²) in [6, 6.07) is 11.8. The van der Waals surface area contributed by atoms with Crippen LogP contribution in [0.4, 0.5) is 0 Å². The summed E-state index contributed by atoms with van der Waals surface area (Å²) in [5, 5.41) is 11.4. The van der Waals surface area contributed by atoms with Gasteiger partial charge in [0.1, 0.15) is 10.8 Å². The zero-order valence-corrected chi connectivity index (χ0v) is 12.4. The molecule has 0 atom stereocenters. The maximum absolute atomic E-state index is 9.79. The molecule has 0 radical (unpaired) electrons. The van der Waals surface area contributed by atoms with Crippen LogP contribution in [0.15, 0.2) is 36.4 Å². The summed E-state index contributed by atoms with van der Waals surface area (Å²) in [6.07, 6.45) is 0. The predicted molar refractivity (Wildman–Crippen MR) is 83.7 cm³/mol. The zero-order chi connectivity index (χ0) is 13.6. The summed E-state index contributed by atoms with van der Waals surface area (Å²) in [6.45, 7) is 2.03. The Bertz CT molecular complexity index is 763. The SMILES string of the molecule is Cc1c(-c2ccccc2)sc2c(Cl)c(Cl)c(O)cc12. The van der Waals surface area contributed by atoms with Crippen LogP contribution in [0.5, 0.6) is 5.75 Å². The number of halogens is 2. The maximum Gasteiger partial charge on any atom is 0.136 e. The minimum absolute atomic E-state index is 0.0275. The van der Waals surface area contributed by atoms with Crippen LogP contribution in [0, 0.1) is 6.92 Å². The summed E-state index contributed by atoms with van der Waals surface area (Å²) in [4.78, 5) is 1.15. The summed E-state index contributed by atoms with van der Waals surface area (Å²) >= 11 is 13.8. The molecular formula is C15H10Cl2OS. The van der Waals surface area contributed by atoms with Crippen molar-refractivity contribution in [2.24, 2.45) is 0 Å². The quantitative estimate of drug-likeness (QED) is 0.594. The molecule has 1 nitrogen and oxygen atoms in total. The first-order valence-corrected chi connectivity index (χ1v) is 7.32. The second kappa shape index (κ2) is 4.71. The smallest absolute Gasteiger partial charge is 0.136 e. The average Bonchev–Trinajstić information content (AvgIpc) is 2.75. The Morgan fingerprint density at radius 1 is 1.05 bits per heavy atom. The molecule has 3 aromatic rings. The van der Waals surface area contributed by atoms with Gasteiger partial charge in [0.05, 0.1) is 9.72 Å². The van der Waals surface area contributed by atoms with Crippen LogP contribution in [0.3, 0.4) is 0 Å². The van der Waals surface area contributed by atoms with Crippen LogP contribution in [0.25, 0.3) is 20.5 Å². The summed E-state index contributed by atoms with van der Waals surface area (Å²) in [7, 11) is 0. The highest BCUT2D eigenvalue weighted by Crippen LogP contribution is 2.46. The van der Waals surface area contributed by atoms with E-state index in [4.69, 9.17) is 23.2 Å². The molecule has 0 fully saturated rings. The van der Waals surface area contributed by atoms with Gasteiger partial charge in [0.25, 0.3) is 0 Å². The normalized spacial score (nSPS) is 11.1. The molecule has 0 aliphatic heterocycles. The van der Waals surface area contributed by atoms with E-state index in [1.807, 2.05) is 25.1 Å². The maximum atomic E-state index is 9.79. The predicted octanol–water partition coefficient (Wildman–Crippen LogP) is 5.89. The minimum atomic E-state index is 0.0275. The number of phenolic OH excluding ortho intramolecular Hbond substituents is 1. The minimum Gasteiger partial charge on any atom is -0.506 e. The molecule has 3 rings (SSSR count). The Labute approximate surface area is 125 Å². The second-order valence-electron chi connectivity index (χ2n) is 4.32. The number of hydrogen-bond donors (Lipinski definition) is 1. The van der Waals surface area contributed by atoms with Crippen molar-refractivity contribution >= 4 is 44.6 Å². The van der Waals surface area contributed by atoms with Gasteiger partial charge in [-0.1, -0.05) is 53.5 Å². The van der Waals surface area contributed by atoms with E-state index in [1.165, 1.54) is 0 Å². The molecule has 1 N–H and O–H groups in total. The molecular weight excluding hydrogens is 299 g/mol. The van der Waals surface area contributed by atoms with Crippen molar-refractivity contribution in [1.29, 1.82) is 0 Å². The third kappa shape index (κ3) is 2.00. The topological polar surface area (TPSA) is 20.2 Å². The molecule has 0 aliphatic rings. The van der Waals surface area contributed by atoms with Crippen LogP contribution in [-0.4, -0.2) is 5.11 Å². The molecule has 4 heteroatoms. The molecule has 19 heavy (non-hydrogen) atoms. The molecule has 1 heterocycles. The van der Waals surface area contributed by atoms with Gasteiger partial charge in [-0.05, 0) is 24.1 Å². The third-order valence-corrected chi connectivity index (χ3v) is 5.47. The first kappa shape index (κ1) is 12.8. The number of aryl methyl sites for hydroxylation is 1. The number of fused-ring (bicyclic) bond motifs is 1. The van der Waals surface area contributed by atoms with E-state index in [9.17, 15) is 5.11 Å². The lowest BCUT2D eigenvalue weighted by molar-refractivity contribution is 0.476. The lowest BCUT2D eigenvalue weighted by Gasteiger charge is -2.01. The third-order valence-electron chi connectivity index (χ3n) is 3.13. The van der Waals surface area contributed by atoms with E-state index in [0.717, 1.165) is 26.1 Å². The van der Waals surface area contributed by atoms with Crippen molar-refractivity contribution in [3.63, 3.8) is 0 Å². The molecule has 0 amide bonds. The number of phenols is 1. The van der Waals surface area contributed by atoms with Crippen LogP contribution >= 0.6 is 34.5 Å². The van der Waals surface area contributed by atoms with Gasteiger partial charge in [-0.3, -0.25) is 0 Å². The van der Waals surface area contributed by atoms with Gasteiger partial charge < -0.3 is 5.11 Å². The van der Waals surface area contributed by atoms with E-state index in [-0.39, 0.29) is 10.8 Å². The number of aromatic hydroxyl groups is 1. The van der Waals surface area contributed by atoms with Gasteiger partial charge in [0.15, 0.2) is 0 Å². The van der Waals surface area contributed by atoms with Gasteiger partial charge in [-0.15, -0.1) is 11.3 Å². The van der Waals surface area contributed by atoms with Crippen molar-refractivity contribution in [3.05, 3.63) is 52.0 Å². The summed E-state index contributed by atoms with van der Waals surface area (Å²) in [5.74, 6) is 0.0275. The van der Waals surface area contributed by atoms with Gasteiger partial charge in [-0.25, -0.2) is 0 Å². The summed E-state index contributed by atoms with van der Waals surface area (Å²) in [5.41, 5.74) is 2.26. The number of rotatable bonds is 1. The number of thiophene rings is 1. The van der Waals surface area contributed by atoms with Gasteiger partial charge in [0.2, 0.25) is 0 Å². The Morgan fingerprint density at radius 3 is 2.42 bits per heavy atom. The van der Waals surface area contributed by atoms with Gasteiger partial charge >= 0.3 is 0 Å². The molecule has 0 unspecified atom stereocenters. The highest BCUT2D eigenvalue weighted by molar-refractivity contribution is 7.23. The fraction of sp³-hybridized carbons (Fsp3) is 0.0667. The van der Waals surface area contributed by atoms with E-state index >= 15 is 0 Å². The molecule has 0 bridgehead atoms. The second-order valence-corrected chi connectivity index (χ2v) is 6.10. The van der Waals surface area contributed by atoms with E-state index in [1.54, 1.807) is 17.4 Å². The van der Waals surface area contributed by atoms with E-state index < -0.39 is 0 Å². The van der Waals surface area contributed by atoms with E-state index in [2.05, 4.69) is 12.1 Å². The lowest BCUT2D eigenvalue weighted by atomic mass is 10.1. The monoisotopic (exact) mass is 308 g/mol. The van der Waals surface area contributed by atoms with Crippen molar-refractivity contribution in [1.82, 2.24) is 0 Å². The van der Waals surface area contributed by atoms with Crippen molar-refractivity contribution in [2.45, 2.75) is 6.92 Å². The van der Waals surface area contributed by atoms with Crippen LogP contribution in [0.1, 0.15) is 5.56 Å². The van der Waals surface area contributed by atoms with Crippen molar-refractivity contribution in [3.8, 4) is 16.2 Å². The Balaban J connectivity index is 2.36. The van der Waals surface area contributed by atoms with Crippen LogP contribution < -0.4 is 0 Å². The van der Waals surface area contributed by atoms with Crippen molar-refractivity contribution in [2.75, 3.05) is 0 Å².